The standard InChI is InChI=1S/C14H29NO/c1-4-6-7-8-9-10-11-12-14(5-2)15-13(3)16/h14H,4-12H2,1-3H3,(H,15,16). The summed E-state index contributed by atoms with van der Waals surface area (Å²) in [6, 6.07) is 0.396. The fourth-order valence-electron chi connectivity index (χ4n) is 2.01. The molecule has 1 atom stereocenters. The van der Waals surface area contributed by atoms with Crippen molar-refractivity contribution < 1.29 is 4.79 Å². The van der Waals surface area contributed by atoms with Gasteiger partial charge >= 0.3 is 0 Å². The van der Waals surface area contributed by atoms with Crippen molar-refractivity contribution in [2.24, 2.45) is 0 Å². The lowest BCUT2D eigenvalue weighted by atomic mass is 10.0. The second kappa shape index (κ2) is 11.0. The predicted molar refractivity (Wildman–Crippen MR) is 70.5 cm³/mol. The molecule has 2 nitrogen and oxygen atoms in total. The zero-order valence-electron chi connectivity index (χ0n) is 11.3. The van der Waals surface area contributed by atoms with Crippen molar-refractivity contribution >= 4 is 5.91 Å². The molecule has 0 saturated heterocycles. The molecule has 0 aromatic rings. The predicted octanol–water partition coefficient (Wildman–Crippen LogP) is 4.04. The van der Waals surface area contributed by atoms with E-state index in [0.717, 1.165) is 12.8 Å². The lowest BCUT2D eigenvalue weighted by Crippen LogP contribution is -2.32. The van der Waals surface area contributed by atoms with Gasteiger partial charge in [0.25, 0.3) is 0 Å². The fourth-order valence-corrected chi connectivity index (χ4v) is 2.01. The first-order valence-corrected chi connectivity index (χ1v) is 6.97. The molecule has 1 amide bonds. The minimum absolute atomic E-state index is 0.106. The molecular weight excluding hydrogens is 198 g/mol. The molecule has 96 valence electrons. The largest absolute Gasteiger partial charge is 0.354 e. The third kappa shape index (κ3) is 10.0. The Morgan fingerprint density at radius 2 is 1.56 bits per heavy atom. The van der Waals surface area contributed by atoms with Gasteiger partial charge in [0.05, 0.1) is 0 Å². The fraction of sp³-hybridized carbons (Fsp3) is 0.929. The Bertz CT molecular complexity index is 168. The van der Waals surface area contributed by atoms with E-state index in [-0.39, 0.29) is 5.91 Å². The van der Waals surface area contributed by atoms with E-state index in [9.17, 15) is 4.79 Å². The van der Waals surface area contributed by atoms with E-state index >= 15 is 0 Å². The molecular formula is C14H29NO. The highest BCUT2D eigenvalue weighted by Crippen LogP contribution is 2.10. The van der Waals surface area contributed by atoms with Crippen LogP contribution in [0.2, 0.25) is 0 Å². The van der Waals surface area contributed by atoms with E-state index in [2.05, 4.69) is 19.2 Å². The smallest absolute Gasteiger partial charge is 0.217 e. The molecule has 16 heavy (non-hydrogen) atoms. The summed E-state index contributed by atoms with van der Waals surface area (Å²) < 4.78 is 0. The molecule has 0 radical (unpaired) electrons. The van der Waals surface area contributed by atoms with Gasteiger partial charge in [-0.25, -0.2) is 0 Å². The molecule has 0 bridgehead atoms. The van der Waals surface area contributed by atoms with Crippen molar-refractivity contribution in [2.45, 2.75) is 84.6 Å². The maximum absolute atomic E-state index is 10.9. The van der Waals surface area contributed by atoms with Crippen molar-refractivity contribution in [1.82, 2.24) is 5.32 Å². The Balaban J connectivity index is 3.31. The highest BCUT2D eigenvalue weighted by molar-refractivity contribution is 5.73. The first kappa shape index (κ1) is 15.5. The molecule has 2 heteroatoms. The van der Waals surface area contributed by atoms with Gasteiger partial charge < -0.3 is 5.32 Å². The number of rotatable bonds is 10. The van der Waals surface area contributed by atoms with Gasteiger partial charge in [0, 0.05) is 13.0 Å². The van der Waals surface area contributed by atoms with Gasteiger partial charge in [-0.2, -0.15) is 0 Å². The summed E-state index contributed by atoms with van der Waals surface area (Å²) in [4.78, 5) is 10.9. The average Bonchev–Trinajstić information content (AvgIpc) is 2.25. The summed E-state index contributed by atoms with van der Waals surface area (Å²) in [5.74, 6) is 0.106. The van der Waals surface area contributed by atoms with Crippen molar-refractivity contribution in [2.75, 3.05) is 0 Å². The maximum Gasteiger partial charge on any atom is 0.217 e. The van der Waals surface area contributed by atoms with Crippen LogP contribution >= 0.6 is 0 Å². The molecule has 1 N–H and O–H groups in total. The quantitative estimate of drug-likeness (QED) is 0.561. The molecule has 0 rings (SSSR count). The Labute approximate surface area is 101 Å². The second-order valence-corrected chi connectivity index (χ2v) is 4.72. The van der Waals surface area contributed by atoms with Crippen LogP contribution < -0.4 is 5.32 Å². The Hall–Kier alpha value is -0.530. The van der Waals surface area contributed by atoms with Crippen LogP contribution in [-0.4, -0.2) is 11.9 Å². The first-order valence-electron chi connectivity index (χ1n) is 6.97. The highest BCUT2D eigenvalue weighted by atomic mass is 16.1. The number of carbonyl (C=O) groups is 1. The lowest BCUT2D eigenvalue weighted by Gasteiger charge is -2.15. The van der Waals surface area contributed by atoms with Crippen molar-refractivity contribution in [3.05, 3.63) is 0 Å². The topological polar surface area (TPSA) is 29.1 Å². The highest BCUT2D eigenvalue weighted by Gasteiger charge is 2.06. The van der Waals surface area contributed by atoms with Crippen LogP contribution in [0.15, 0.2) is 0 Å². The summed E-state index contributed by atoms with van der Waals surface area (Å²) in [5, 5.41) is 3.00. The molecule has 0 aliphatic rings. The third-order valence-corrected chi connectivity index (χ3v) is 3.06. The van der Waals surface area contributed by atoms with E-state index in [1.54, 1.807) is 6.92 Å². The summed E-state index contributed by atoms with van der Waals surface area (Å²) >= 11 is 0. The first-order chi connectivity index (χ1) is 7.70. The number of hydrogen-bond acceptors (Lipinski definition) is 1. The Morgan fingerprint density at radius 1 is 1.00 bits per heavy atom. The zero-order chi connectivity index (χ0) is 12.2. The van der Waals surface area contributed by atoms with E-state index in [1.807, 2.05) is 0 Å². The summed E-state index contributed by atoms with van der Waals surface area (Å²) in [7, 11) is 0. The third-order valence-electron chi connectivity index (χ3n) is 3.06. The monoisotopic (exact) mass is 227 g/mol. The van der Waals surface area contributed by atoms with Crippen molar-refractivity contribution in [3.8, 4) is 0 Å². The molecule has 0 aromatic carbocycles. The molecule has 0 aliphatic carbocycles. The summed E-state index contributed by atoms with van der Waals surface area (Å²) in [6.07, 6.45) is 11.6. The Morgan fingerprint density at radius 3 is 2.06 bits per heavy atom. The lowest BCUT2D eigenvalue weighted by molar-refractivity contribution is -0.119. The molecule has 0 spiro atoms. The summed E-state index contributed by atoms with van der Waals surface area (Å²) in [5.41, 5.74) is 0. The molecule has 0 aromatic heterocycles. The van der Waals surface area contributed by atoms with Gasteiger partial charge in [-0.3, -0.25) is 4.79 Å². The average molecular weight is 227 g/mol. The van der Waals surface area contributed by atoms with Crippen LogP contribution in [0.1, 0.15) is 78.6 Å². The Kier molecular flexibility index (Phi) is 10.6. The van der Waals surface area contributed by atoms with E-state index < -0.39 is 0 Å². The van der Waals surface area contributed by atoms with Crippen LogP contribution in [0.5, 0.6) is 0 Å². The molecule has 0 fully saturated rings. The van der Waals surface area contributed by atoms with Gasteiger partial charge in [0.15, 0.2) is 0 Å². The molecule has 0 aliphatic heterocycles. The van der Waals surface area contributed by atoms with Crippen LogP contribution in [0.4, 0.5) is 0 Å². The number of hydrogen-bond donors (Lipinski definition) is 1. The number of nitrogens with one attached hydrogen (secondary N) is 1. The normalized spacial score (nSPS) is 12.4. The second-order valence-electron chi connectivity index (χ2n) is 4.72. The van der Waals surface area contributed by atoms with E-state index in [4.69, 9.17) is 0 Å². The molecule has 0 saturated carbocycles. The molecule has 1 unspecified atom stereocenters. The maximum atomic E-state index is 10.9. The number of unbranched alkanes of at least 4 members (excludes halogenated alkanes) is 6. The number of carbonyl (C=O) groups excluding carboxylic acids is 1. The number of amides is 1. The van der Waals surface area contributed by atoms with Crippen molar-refractivity contribution in [3.63, 3.8) is 0 Å². The minimum Gasteiger partial charge on any atom is -0.354 e. The summed E-state index contributed by atoms with van der Waals surface area (Å²) in [6.45, 7) is 5.99. The van der Waals surface area contributed by atoms with Gasteiger partial charge in [0.2, 0.25) is 5.91 Å². The van der Waals surface area contributed by atoms with Gasteiger partial charge in [-0.1, -0.05) is 58.8 Å². The zero-order valence-corrected chi connectivity index (χ0v) is 11.3. The van der Waals surface area contributed by atoms with Gasteiger partial charge in [-0.15, -0.1) is 0 Å². The minimum atomic E-state index is 0.106. The molecule has 0 heterocycles. The van der Waals surface area contributed by atoms with Crippen LogP contribution in [0.3, 0.4) is 0 Å². The van der Waals surface area contributed by atoms with Crippen LogP contribution in [-0.2, 0) is 4.79 Å². The van der Waals surface area contributed by atoms with Gasteiger partial charge in [-0.05, 0) is 12.8 Å². The van der Waals surface area contributed by atoms with Gasteiger partial charge in [0.1, 0.15) is 0 Å². The van der Waals surface area contributed by atoms with Crippen LogP contribution in [0, 0.1) is 0 Å². The van der Waals surface area contributed by atoms with E-state index in [1.165, 1.54) is 44.9 Å². The SMILES string of the molecule is CCCCCCCCCC(CC)NC(C)=O. The van der Waals surface area contributed by atoms with Crippen molar-refractivity contribution in [1.29, 1.82) is 0 Å². The van der Waals surface area contributed by atoms with E-state index in [0.29, 0.717) is 6.04 Å². The van der Waals surface area contributed by atoms with Crippen LogP contribution in [0.25, 0.3) is 0 Å².